The normalized spacial score (nSPS) is 29.5. The zero-order chi connectivity index (χ0) is 9.68. The molecule has 0 atom stereocenters. The molecule has 1 aliphatic rings. The first-order valence-electron chi connectivity index (χ1n) is 5.76. The lowest BCUT2D eigenvalue weighted by Gasteiger charge is -2.26. The summed E-state index contributed by atoms with van der Waals surface area (Å²) in [4.78, 5) is 0. The van der Waals surface area contributed by atoms with Gasteiger partial charge in [0.15, 0.2) is 0 Å². The highest BCUT2D eigenvalue weighted by Gasteiger charge is 2.17. The lowest BCUT2D eigenvalue weighted by molar-refractivity contribution is 0.0628. The van der Waals surface area contributed by atoms with Gasteiger partial charge in [-0.1, -0.05) is 33.6 Å². The Morgan fingerprint density at radius 2 is 1.77 bits per heavy atom. The minimum Gasteiger partial charge on any atom is -0.381 e. The molecule has 0 amide bonds. The molecule has 0 saturated heterocycles. The minimum absolute atomic E-state index is 0.683. The zero-order valence-corrected chi connectivity index (χ0v) is 9.38. The Morgan fingerprint density at radius 3 is 2.31 bits per heavy atom. The standard InChI is InChI=1S/C12H24O/c1-10(2)8-13-9-12-6-4-11(3)5-7-12/h10-12H,4-9H2,1-3H3. The molecule has 0 radical (unpaired) electrons. The fourth-order valence-corrected chi connectivity index (χ4v) is 1.97. The maximum atomic E-state index is 5.67. The summed E-state index contributed by atoms with van der Waals surface area (Å²) in [6.07, 6.45) is 5.60. The van der Waals surface area contributed by atoms with Crippen LogP contribution in [0, 0.1) is 17.8 Å². The molecule has 0 bridgehead atoms. The van der Waals surface area contributed by atoms with E-state index < -0.39 is 0 Å². The monoisotopic (exact) mass is 184 g/mol. The predicted octanol–water partition coefficient (Wildman–Crippen LogP) is 3.49. The van der Waals surface area contributed by atoms with Gasteiger partial charge >= 0.3 is 0 Å². The fraction of sp³-hybridized carbons (Fsp3) is 1.00. The van der Waals surface area contributed by atoms with Crippen LogP contribution in [0.25, 0.3) is 0 Å². The third kappa shape index (κ3) is 4.66. The van der Waals surface area contributed by atoms with Crippen molar-refractivity contribution in [2.24, 2.45) is 17.8 Å². The molecule has 78 valence electrons. The van der Waals surface area contributed by atoms with E-state index in [4.69, 9.17) is 4.74 Å². The van der Waals surface area contributed by atoms with Crippen LogP contribution >= 0.6 is 0 Å². The average Bonchev–Trinajstić information content (AvgIpc) is 2.08. The van der Waals surface area contributed by atoms with Crippen LogP contribution in [0.2, 0.25) is 0 Å². The Morgan fingerprint density at radius 1 is 1.15 bits per heavy atom. The van der Waals surface area contributed by atoms with Gasteiger partial charge in [-0.3, -0.25) is 0 Å². The second-order valence-electron chi connectivity index (χ2n) is 5.06. The van der Waals surface area contributed by atoms with Crippen LogP contribution in [0.1, 0.15) is 46.5 Å². The summed E-state index contributed by atoms with van der Waals surface area (Å²) in [5.74, 6) is 2.50. The molecule has 1 aliphatic carbocycles. The van der Waals surface area contributed by atoms with Crippen molar-refractivity contribution in [3.05, 3.63) is 0 Å². The molecule has 1 nitrogen and oxygen atoms in total. The van der Waals surface area contributed by atoms with Crippen molar-refractivity contribution in [3.8, 4) is 0 Å². The van der Waals surface area contributed by atoms with Gasteiger partial charge in [-0.2, -0.15) is 0 Å². The fourth-order valence-electron chi connectivity index (χ4n) is 1.97. The van der Waals surface area contributed by atoms with E-state index >= 15 is 0 Å². The van der Waals surface area contributed by atoms with Crippen LogP contribution in [-0.2, 0) is 4.74 Å². The first-order valence-corrected chi connectivity index (χ1v) is 5.76. The van der Waals surface area contributed by atoms with E-state index in [1.807, 2.05) is 0 Å². The Balaban J connectivity index is 2.02. The Kier molecular flexibility index (Phi) is 4.79. The summed E-state index contributed by atoms with van der Waals surface area (Å²) in [6.45, 7) is 8.73. The highest BCUT2D eigenvalue weighted by Crippen LogP contribution is 2.28. The summed E-state index contributed by atoms with van der Waals surface area (Å²) in [5, 5.41) is 0. The molecule has 0 N–H and O–H groups in total. The van der Waals surface area contributed by atoms with E-state index in [0.717, 1.165) is 25.0 Å². The van der Waals surface area contributed by atoms with Gasteiger partial charge < -0.3 is 4.74 Å². The van der Waals surface area contributed by atoms with Gasteiger partial charge in [0.2, 0.25) is 0 Å². The smallest absolute Gasteiger partial charge is 0.0494 e. The largest absolute Gasteiger partial charge is 0.381 e. The third-order valence-corrected chi connectivity index (χ3v) is 2.94. The van der Waals surface area contributed by atoms with Crippen molar-refractivity contribution in [1.29, 1.82) is 0 Å². The van der Waals surface area contributed by atoms with Gasteiger partial charge in [-0.15, -0.1) is 0 Å². The van der Waals surface area contributed by atoms with E-state index in [2.05, 4.69) is 20.8 Å². The Bertz CT molecular complexity index is 123. The van der Waals surface area contributed by atoms with E-state index in [1.54, 1.807) is 0 Å². The predicted molar refractivity (Wildman–Crippen MR) is 56.8 cm³/mol. The topological polar surface area (TPSA) is 9.23 Å². The lowest BCUT2D eigenvalue weighted by Crippen LogP contribution is -2.18. The van der Waals surface area contributed by atoms with Crippen molar-refractivity contribution >= 4 is 0 Å². The quantitative estimate of drug-likeness (QED) is 0.650. The highest BCUT2D eigenvalue weighted by atomic mass is 16.5. The SMILES string of the molecule is CC(C)COCC1CCC(C)CC1. The van der Waals surface area contributed by atoms with Gasteiger partial charge in [-0.25, -0.2) is 0 Å². The molecule has 0 heterocycles. The van der Waals surface area contributed by atoms with Crippen molar-refractivity contribution in [1.82, 2.24) is 0 Å². The molecule has 0 unspecified atom stereocenters. The summed E-state index contributed by atoms with van der Waals surface area (Å²) in [6, 6.07) is 0. The maximum Gasteiger partial charge on any atom is 0.0494 e. The molecule has 1 fully saturated rings. The molecule has 0 aromatic carbocycles. The second-order valence-corrected chi connectivity index (χ2v) is 5.06. The lowest BCUT2D eigenvalue weighted by atomic mass is 9.83. The summed E-state index contributed by atoms with van der Waals surface area (Å²) < 4.78 is 5.67. The van der Waals surface area contributed by atoms with Crippen molar-refractivity contribution < 1.29 is 4.74 Å². The first kappa shape index (κ1) is 11.0. The van der Waals surface area contributed by atoms with E-state index in [-0.39, 0.29) is 0 Å². The first-order chi connectivity index (χ1) is 6.18. The second kappa shape index (κ2) is 5.64. The van der Waals surface area contributed by atoms with Gasteiger partial charge in [-0.05, 0) is 30.6 Å². The molecule has 0 aliphatic heterocycles. The Hall–Kier alpha value is -0.0400. The van der Waals surface area contributed by atoms with E-state index in [9.17, 15) is 0 Å². The molecular weight excluding hydrogens is 160 g/mol. The van der Waals surface area contributed by atoms with Gasteiger partial charge in [0.25, 0.3) is 0 Å². The van der Waals surface area contributed by atoms with Crippen LogP contribution in [0.4, 0.5) is 0 Å². The van der Waals surface area contributed by atoms with Crippen LogP contribution < -0.4 is 0 Å². The average molecular weight is 184 g/mol. The molecule has 13 heavy (non-hydrogen) atoms. The maximum absolute atomic E-state index is 5.67. The molecular formula is C12H24O. The molecule has 0 aromatic rings. The van der Waals surface area contributed by atoms with Gasteiger partial charge in [0.05, 0.1) is 0 Å². The van der Waals surface area contributed by atoms with Crippen LogP contribution in [0.5, 0.6) is 0 Å². The number of ether oxygens (including phenoxy) is 1. The molecule has 1 rings (SSSR count). The van der Waals surface area contributed by atoms with Crippen LogP contribution in [-0.4, -0.2) is 13.2 Å². The van der Waals surface area contributed by atoms with E-state index in [1.165, 1.54) is 25.7 Å². The van der Waals surface area contributed by atoms with Crippen molar-refractivity contribution in [2.75, 3.05) is 13.2 Å². The summed E-state index contributed by atoms with van der Waals surface area (Å²) >= 11 is 0. The van der Waals surface area contributed by atoms with Gasteiger partial charge in [0, 0.05) is 13.2 Å². The zero-order valence-electron chi connectivity index (χ0n) is 9.38. The van der Waals surface area contributed by atoms with Crippen molar-refractivity contribution in [3.63, 3.8) is 0 Å². The number of rotatable bonds is 4. The molecule has 1 heteroatoms. The number of hydrogen-bond donors (Lipinski definition) is 0. The molecule has 0 spiro atoms. The minimum atomic E-state index is 0.683. The van der Waals surface area contributed by atoms with Gasteiger partial charge in [0.1, 0.15) is 0 Å². The molecule has 1 saturated carbocycles. The van der Waals surface area contributed by atoms with Crippen LogP contribution in [0.3, 0.4) is 0 Å². The Labute approximate surface area is 82.9 Å². The third-order valence-electron chi connectivity index (χ3n) is 2.94. The summed E-state index contributed by atoms with van der Waals surface area (Å²) in [7, 11) is 0. The van der Waals surface area contributed by atoms with E-state index in [0.29, 0.717) is 5.92 Å². The number of hydrogen-bond acceptors (Lipinski definition) is 1. The summed E-state index contributed by atoms with van der Waals surface area (Å²) in [5.41, 5.74) is 0. The molecule has 0 aromatic heterocycles. The highest BCUT2D eigenvalue weighted by molar-refractivity contribution is 4.69. The van der Waals surface area contributed by atoms with Crippen molar-refractivity contribution in [2.45, 2.75) is 46.5 Å². The van der Waals surface area contributed by atoms with Crippen LogP contribution in [0.15, 0.2) is 0 Å².